The minimum atomic E-state index is -0.283. The lowest BCUT2D eigenvalue weighted by molar-refractivity contribution is 0.130. The first-order valence-corrected chi connectivity index (χ1v) is 6.95. The van der Waals surface area contributed by atoms with E-state index in [1.165, 1.54) is 25.7 Å². The van der Waals surface area contributed by atoms with Gasteiger partial charge in [0.15, 0.2) is 5.82 Å². The number of nitrogens with two attached hydrogens (primary N) is 1. The van der Waals surface area contributed by atoms with Gasteiger partial charge in [-0.3, -0.25) is 0 Å². The molecule has 5 heteroatoms. The molecule has 0 amide bonds. The quantitative estimate of drug-likeness (QED) is 0.806. The monoisotopic (exact) mass is 253 g/mol. The lowest BCUT2D eigenvalue weighted by atomic mass is 10.0. The van der Waals surface area contributed by atoms with Crippen LogP contribution in [-0.2, 0) is 11.2 Å². The minimum absolute atomic E-state index is 0.283. The molecular weight excluding hydrogens is 230 g/mol. The molecule has 1 aliphatic carbocycles. The zero-order valence-corrected chi connectivity index (χ0v) is 11.1. The van der Waals surface area contributed by atoms with Gasteiger partial charge >= 0.3 is 0 Å². The molecule has 0 aliphatic heterocycles. The van der Waals surface area contributed by atoms with Crippen molar-refractivity contribution in [1.82, 2.24) is 10.1 Å². The van der Waals surface area contributed by atoms with Crippen LogP contribution in [0, 0.1) is 5.92 Å². The summed E-state index contributed by atoms with van der Waals surface area (Å²) in [5, 5.41) is 3.92. The first kappa shape index (κ1) is 13.5. The van der Waals surface area contributed by atoms with E-state index in [1.54, 1.807) is 0 Å². The predicted octanol–water partition coefficient (Wildman–Crippen LogP) is 2.23. The minimum Gasteiger partial charge on any atom is -0.380 e. The fourth-order valence-corrected chi connectivity index (χ4v) is 2.47. The molecule has 1 fully saturated rings. The molecule has 102 valence electrons. The molecule has 0 aromatic carbocycles. The van der Waals surface area contributed by atoms with Crippen LogP contribution >= 0.6 is 0 Å². The van der Waals surface area contributed by atoms with Crippen molar-refractivity contribution >= 4 is 0 Å². The molecule has 0 radical (unpaired) electrons. The van der Waals surface area contributed by atoms with Gasteiger partial charge in [0.05, 0.1) is 12.6 Å². The zero-order valence-electron chi connectivity index (χ0n) is 11.1. The van der Waals surface area contributed by atoms with Crippen molar-refractivity contribution in [3.8, 4) is 0 Å². The second kappa shape index (κ2) is 6.85. The Balaban J connectivity index is 1.77. The van der Waals surface area contributed by atoms with E-state index >= 15 is 0 Å². The summed E-state index contributed by atoms with van der Waals surface area (Å²) >= 11 is 0. The third kappa shape index (κ3) is 3.78. The summed E-state index contributed by atoms with van der Waals surface area (Å²) < 4.78 is 10.5. The zero-order chi connectivity index (χ0) is 12.8. The Hall–Kier alpha value is -0.940. The van der Waals surface area contributed by atoms with Gasteiger partial charge in [0.2, 0.25) is 5.89 Å². The number of hydrogen-bond donors (Lipinski definition) is 1. The molecule has 1 heterocycles. The molecule has 1 atom stereocenters. The average Bonchev–Trinajstić information content (AvgIpc) is 3.04. The number of rotatable bonds is 7. The number of hydrogen-bond acceptors (Lipinski definition) is 5. The van der Waals surface area contributed by atoms with Gasteiger partial charge in [-0.1, -0.05) is 30.8 Å². The Morgan fingerprint density at radius 3 is 2.94 bits per heavy atom. The van der Waals surface area contributed by atoms with Crippen LogP contribution in [0.3, 0.4) is 0 Å². The van der Waals surface area contributed by atoms with Crippen LogP contribution in [0.25, 0.3) is 0 Å². The fraction of sp³-hybridized carbons (Fsp3) is 0.846. The SMILES string of the molecule is CCOCC(N)c1noc(CCC2CCCC2)n1. The van der Waals surface area contributed by atoms with Crippen molar-refractivity contribution in [1.29, 1.82) is 0 Å². The van der Waals surface area contributed by atoms with Crippen molar-refractivity contribution in [3.05, 3.63) is 11.7 Å². The highest BCUT2D eigenvalue weighted by atomic mass is 16.5. The molecule has 1 aromatic rings. The molecule has 18 heavy (non-hydrogen) atoms. The van der Waals surface area contributed by atoms with Gasteiger partial charge in [0.25, 0.3) is 0 Å². The van der Waals surface area contributed by atoms with E-state index in [4.69, 9.17) is 15.0 Å². The summed E-state index contributed by atoms with van der Waals surface area (Å²) in [7, 11) is 0. The van der Waals surface area contributed by atoms with E-state index in [2.05, 4.69) is 10.1 Å². The third-order valence-electron chi connectivity index (χ3n) is 3.56. The van der Waals surface area contributed by atoms with Crippen LogP contribution in [0.2, 0.25) is 0 Å². The van der Waals surface area contributed by atoms with Crippen LogP contribution in [0.15, 0.2) is 4.52 Å². The third-order valence-corrected chi connectivity index (χ3v) is 3.56. The Labute approximate surface area is 108 Å². The molecule has 1 unspecified atom stereocenters. The van der Waals surface area contributed by atoms with Gasteiger partial charge in [-0.2, -0.15) is 4.98 Å². The van der Waals surface area contributed by atoms with Crippen molar-refractivity contribution in [2.24, 2.45) is 11.7 Å². The van der Waals surface area contributed by atoms with Gasteiger partial charge in [-0.05, 0) is 19.3 Å². The van der Waals surface area contributed by atoms with Gasteiger partial charge in [0.1, 0.15) is 0 Å². The summed E-state index contributed by atoms with van der Waals surface area (Å²) in [6.07, 6.45) is 7.48. The number of aryl methyl sites for hydroxylation is 1. The molecule has 0 saturated heterocycles. The number of nitrogens with zero attached hydrogens (tertiary/aromatic N) is 2. The Morgan fingerprint density at radius 1 is 1.44 bits per heavy atom. The first-order valence-electron chi connectivity index (χ1n) is 6.95. The second-order valence-electron chi connectivity index (χ2n) is 5.00. The van der Waals surface area contributed by atoms with Gasteiger partial charge in [-0.25, -0.2) is 0 Å². The number of ether oxygens (including phenoxy) is 1. The molecule has 2 N–H and O–H groups in total. The Kier molecular flexibility index (Phi) is 5.13. The van der Waals surface area contributed by atoms with E-state index in [0.717, 1.165) is 18.8 Å². The van der Waals surface area contributed by atoms with Crippen molar-refractivity contribution in [2.45, 2.75) is 51.5 Å². The summed E-state index contributed by atoms with van der Waals surface area (Å²) in [5.41, 5.74) is 5.90. The molecule has 0 spiro atoms. The standard InChI is InChI=1S/C13H23N3O2/c1-2-17-9-11(14)13-15-12(18-16-13)8-7-10-5-3-4-6-10/h10-11H,2-9,14H2,1H3. The van der Waals surface area contributed by atoms with Gasteiger partial charge in [0, 0.05) is 13.0 Å². The van der Waals surface area contributed by atoms with Gasteiger partial charge in [-0.15, -0.1) is 0 Å². The largest absolute Gasteiger partial charge is 0.380 e. The fourth-order valence-electron chi connectivity index (χ4n) is 2.47. The number of aromatic nitrogens is 2. The maximum atomic E-state index is 5.90. The summed E-state index contributed by atoms with van der Waals surface area (Å²) in [5.74, 6) is 2.12. The highest BCUT2D eigenvalue weighted by molar-refractivity contribution is 4.93. The van der Waals surface area contributed by atoms with E-state index in [-0.39, 0.29) is 6.04 Å². The van der Waals surface area contributed by atoms with Crippen LogP contribution < -0.4 is 5.73 Å². The van der Waals surface area contributed by atoms with Crippen molar-refractivity contribution in [2.75, 3.05) is 13.2 Å². The summed E-state index contributed by atoms with van der Waals surface area (Å²) in [6.45, 7) is 3.04. The molecule has 1 aliphatic rings. The lowest BCUT2D eigenvalue weighted by Crippen LogP contribution is -2.18. The van der Waals surface area contributed by atoms with Crippen molar-refractivity contribution in [3.63, 3.8) is 0 Å². The molecule has 1 aromatic heterocycles. The smallest absolute Gasteiger partial charge is 0.226 e. The normalized spacial score (nSPS) is 18.3. The second-order valence-corrected chi connectivity index (χ2v) is 5.00. The van der Waals surface area contributed by atoms with E-state index in [9.17, 15) is 0 Å². The molecular formula is C13H23N3O2. The summed E-state index contributed by atoms with van der Waals surface area (Å²) in [6, 6.07) is -0.283. The average molecular weight is 253 g/mol. The van der Waals surface area contributed by atoms with E-state index < -0.39 is 0 Å². The maximum Gasteiger partial charge on any atom is 0.226 e. The maximum absolute atomic E-state index is 5.90. The summed E-state index contributed by atoms with van der Waals surface area (Å²) in [4.78, 5) is 4.34. The van der Waals surface area contributed by atoms with Crippen LogP contribution in [0.5, 0.6) is 0 Å². The van der Waals surface area contributed by atoms with Crippen LogP contribution in [-0.4, -0.2) is 23.4 Å². The van der Waals surface area contributed by atoms with E-state index in [0.29, 0.717) is 24.9 Å². The van der Waals surface area contributed by atoms with Crippen LogP contribution in [0.4, 0.5) is 0 Å². The molecule has 2 rings (SSSR count). The topological polar surface area (TPSA) is 74.2 Å². The molecule has 0 bridgehead atoms. The van der Waals surface area contributed by atoms with Crippen LogP contribution in [0.1, 0.15) is 56.8 Å². The first-order chi connectivity index (χ1) is 8.79. The highest BCUT2D eigenvalue weighted by Crippen LogP contribution is 2.28. The van der Waals surface area contributed by atoms with Crippen molar-refractivity contribution < 1.29 is 9.26 Å². The lowest BCUT2D eigenvalue weighted by Gasteiger charge is -2.06. The van der Waals surface area contributed by atoms with Gasteiger partial charge < -0.3 is 15.0 Å². The highest BCUT2D eigenvalue weighted by Gasteiger charge is 2.18. The van der Waals surface area contributed by atoms with E-state index in [1.807, 2.05) is 6.92 Å². The molecule has 1 saturated carbocycles. The molecule has 5 nitrogen and oxygen atoms in total. The Bertz CT molecular complexity index is 348. The Morgan fingerprint density at radius 2 is 2.22 bits per heavy atom. The predicted molar refractivity (Wildman–Crippen MR) is 68.0 cm³/mol.